The van der Waals surface area contributed by atoms with Crippen molar-refractivity contribution in [1.29, 1.82) is 0 Å². The van der Waals surface area contributed by atoms with Crippen LogP contribution in [0.5, 0.6) is 0 Å². The number of sulfonamides is 1. The molecule has 1 amide bonds. The molecule has 0 fully saturated rings. The van der Waals surface area contributed by atoms with Crippen molar-refractivity contribution < 1.29 is 13.2 Å². The number of benzene rings is 1. The topological polar surface area (TPSA) is 88.5 Å². The summed E-state index contributed by atoms with van der Waals surface area (Å²) in [7, 11) is -0.943. The highest BCUT2D eigenvalue weighted by molar-refractivity contribution is 9.10. The number of hydrogen-bond donors (Lipinski definition) is 1. The SMILES string of the molecule is CN(C)S(=O)(=O)c1ccc(=O)n(CC(=O)Nc2ccc(Br)cc2Cl)c1. The molecule has 2 rings (SSSR count). The Morgan fingerprint density at radius 3 is 2.56 bits per heavy atom. The molecule has 0 saturated carbocycles. The van der Waals surface area contributed by atoms with Crippen LogP contribution in [0.25, 0.3) is 0 Å². The summed E-state index contributed by atoms with van der Waals surface area (Å²) in [4.78, 5) is 24.0. The molecule has 7 nitrogen and oxygen atoms in total. The van der Waals surface area contributed by atoms with Gasteiger partial charge in [0, 0.05) is 30.8 Å². The number of halogens is 2. The number of nitrogens with one attached hydrogen (secondary N) is 1. The van der Waals surface area contributed by atoms with Crippen LogP contribution in [0.4, 0.5) is 5.69 Å². The van der Waals surface area contributed by atoms with Crippen molar-refractivity contribution in [3.05, 3.63) is 56.4 Å². The first kappa shape index (κ1) is 19.6. The molecule has 25 heavy (non-hydrogen) atoms. The highest BCUT2D eigenvalue weighted by Crippen LogP contribution is 2.25. The van der Waals surface area contributed by atoms with Crippen LogP contribution >= 0.6 is 27.5 Å². The molecular weight excluding hydrogens is 434 g/mol. The summed E-state index contributed by atoms with van der Waals surface area (Å²) in [6.45, 7) is -0.345. The highest BCUT2D eigenvalue weighted by Gasteiger charge is 2.18. The summed E-state index contributed by atoms with van der Waals surface area (Å²) in [6, 6.07) is 7.25. The number of anilines is 1. The third-order valence-corrected chi connectivity index (χ3v) is 5.86. The Morgan fingerprint density at radius 2 is 1.96 bits per heavy atom. The van der Waals surface area contributed by atoms with E-state index in [4.69, 9.17) is 11.6 Å². The van der Waals surface area contributed by atoms with Gasteiger partial charge in [0.25, 0.3) is 5.56 Å². The summed E-state index contributed by atoms with van der Waals surface area (Å²) >= 11 is 9.29. The summed E-state index contributed by atoms with van der Waals surface area (Å²) in [5, 5.41) is 2.92. The maximum atomic E-state index is 12.2. The average molecular weight is 449 g/mol. The van der Waals surface area contributed by atoms with Crippen LogP contribution in [0.2, 0.25) is 5.02 Å². The molecule has 2 aromatic rings. The van der Waals surface area contributed by atoms with Crippen molar-refractivity contribution in [1.82, 2.24) is 8.87 Å². The van der Waals surface area contributed by atoms with E-state index in [-0.39, 0.29) is 11.4 Å². The Kier molecular flexibility index (Phi) is 6.04. The lowest BCUT2D eigenvalue weighted by Crippen LogP contribution is -2.29. The zero-order chi connectivity index (χ0) is 18.8. The van der Waals surface area contributed by atoms with Gasteiger partial charge in [-0.1, -0.05) is 27.5 Å². The molecule has 134 valence electrons. The summed E-state index contributed by atoms with van der Waals surface area (Å²) in [6.07, 6.45) is 1.14. The largest absolute Gasteiger partial charge is 0.323 e. The monoisotopic (exact) mass is 447 g/mol. The van der Waals surface area contributed by atoms with Crippen molar-refractivity contribution in [2.24, 2.45) is 0 Å². The van der Waals surface area contributed by atoms with Crippen LogP contribution in [-0.2, 0) is 21.4 Å². The number of carbonyl (C=O) groups is 1. The molecule has 0 atom stereocenters. The smallest absolute Gasteiger partial charge is 0.251 e. The first-order valence-corrected chi connectivity index (χ1v) is 9.60. The maximum Gasteiger partial charge on any atom is 0.251 e. The lowest BCUT2D eigenvalue weighted by atomic mass is 10.3. The van der Waals surface area contributed by atoms with E-state index in [2.05, 4.69) is 21.2 Å². The molecule has 0 aliphatic carbocycles. The van der Waals surface area contributed by atoms with Gasteiger partial charge in [-0.15, -0.1) is 0 Å². The second-order valence-corrected chi connectivity index (χ2v) is 8.77. The van der Waals surface area contributed by atoms with Crippen molar-refractivity contribution in [2.75, 3.05) is 19.4 Å². The van der Waals surface area contributed by atoms with Gasteiger partial charge in [0.2, 0.25) is 15.9 Å². The van der Waals surface area contributed by atoms with Gasteiger partial charge in [-0.05, 0) is 24.3 Å². The summed E-state index contributed by atoms with van der Waals surface area (Å²) in [5.74, 6) is -0.509. The third kappa shape index (κ3) is 4.69. The van der Waals surface area contributed by atoms with Crippen molar-refractivity contribution in [2.45, 2.75) is 11.4 Å². The summed E-state index contributed by atoms with van der Waals surface area (Å²) < 4.78 is 27.1. The Morgan fingerprint density at radius 1 is 1.28 bits per heavy atom. The first-order chi connectivity index (χ1) is 11.6. The molecular formula is C15H15BrClN3O4S. The predicted molar refractivity (Wildman–Crippen MR) is 99.4 cm³/mol. The number of hydrogen-bond acceptors (Lipinski definition) is 4. The maximum absolute atomic E-state index is 12.2. The molecule has 1 heterocycles. The predicted octanol–water partition coefficient (Wildman–Crippen LogP) is 2.15. The fourth-order valence-corrected chi connectivity index (χ4v) is 3.57. The van der Waals surface area contributed by atoms with Crippen LogP contribution in [0, 0.1) is 0 Å². The van der Waals surface area contributed by atoms with E-state index in [1.165, 1.54) is 20.2 Å². The Labute approximate surface area is 158 Å². The Bertz CT molecular complexity index is 973. The average Bonchev–Trinajstić information content (AvgIpc) is 2.52. The number of nitrogens with zero attached hydrogens (tertiary/aromatic N) is 2. The molecule has 0 aliphatic rings. The zero-order valence-corrected chi connectivity index (χ0v) is 16.5. The number of rotatable bonds is 5. The fourth-order valence-electron chi connectivity index (χ4n) is 1.93. The number of amides is 1. The lowest BCUT2D eigenvalue weighted by molar-refractivity contribution is -0.116. The zero-order valence-electron chi connectivity index (χ0n) is 13.4. The second kappa shape index (κ2) is 7.69. The van der Waals surface area contributed by atoms with Crippen molar-refractivity contribution >= 4 is 49.1 Å². The van der Waals surface area contributed by atoms with E-state index in [0.717, 1.165) is 25.6 Å². The molecule has 0 unspecified atom stereocenters. The minimum atomic E-state index is -3.71. The van der Waals surface area contributed by atoms with E-state index >= 15 is 0 Å². The van der Waals surface area contributed by atoms with Gasteiger partial charge in [-0.3, -0.25) is 9.59 Å². The second-order valence-electron chi connectivity index (χ2n) is 5.29. The minimum Gasteiger partial charge on any atom is -0.323 e. The number of aromatic nitrogens is 1. The van der Waals surface area contributed by atoms with Gasteiger partial charge in [-0.2, -0.15) is 0 Å². The van der Waals surface area contributed by atoms with Gasteiger partial charge in [0.1, 0.15) is 6.54 Å². The Balaban J connectivity index is 2.25. The normalized spacial score (nSPS) is 11.6. The van der Waals surface area contributed by atoms with Gasteiger partial charge in [0.05, 0.1) is 15.6 Å². The Hall–Kier alpha value is -1.68. The standard InChI is InChI=1S/C15H15BrClN3O4S/c1-19(2)25(23,24)11-4-6-15(22)20(8-11)9-14(21)18-13-5-3-10(16)7-12(13)17/h3-8H,9H2,1-2H3,(H,18,21). The first-order valence-electron chi connectivity index (χ1n) is 6.99. The van der Waals surface area contributed by atoms with Crippen LogP contribution in [0.3, 0.4) is 0 Å². The molecule has 1 aromatic heterocycles. The number of pyridine rings is 1. The van der Waals surface area contributed by atoms with Gasteiger partial charge in [0.15, 0.2) is 0 Å². The fraction of sp³-hybridized carbons (Fsp3) is 0.200. The quantitative estimate of drug-likeness (QED) is 0.759. The molecule has 1 aromatic carbocycles. The van der Waals surface area contributed by atoms with E-state index in [9.17, 15) is 18.0 Å². The highest BCUT2D eigenvalue weighted by atomic mass is 79.9. The molecule has 0 bridgehead atoms. The van der Waals surface area contributed by atoms with Crippen molar-refractivity contribution in [3.8, 4) is 0 Å². The molecule has 10 heteroatoms. The van der Waals surface area contributed by atoms with E-state index in [1.807, 2.05) is 0 Å². The molecule has 0 radical (unpaired) electrons. The molecule has 0 saturated heterocycles. The van der Waals surface area contributed by atoms with Crippen LogP contribution < -0.4 is 10.9 Å². The van der Waals surface area contributed by atoms with Crippen LogP contribution in [-0.4, -0.2) is 37.3 Å². The third-order valence-electron chi connectivity index (χ3n) is 3.25. The minimum absolute atomic E-state index is 0.0772. The van der Waals surface area contributed by atoms with Gasteiger partial charge in [-0.25, -0.2) is 12.7 Å². The van der Waals surface area contributed by atoms with Crippen LogP contribution in [0.15, 0.2) is 50.7 Å². The van der Waals surface area contributed by atoms with E-state index in [0.29, 0.717) is 10.7 Å². The van der Waals surface area contributed by atoms with Gasteiger partial charge >= 0.3 is 0 Å². The molecule has 0 aliphatic heterocycles. The van der Waals surface area contributed by atoms with Crippen molar-refractivity contribution in [3.63, 3.8) is 0 Å². The summed E-state index contributed by atoms with van der Waals surface area (Å²) in [5.41, 5.74) is -0.102. The molecule has 1 N–H and O–H groups in total. The number of carbonyl (C=O) groups excluding carboxylic acids is 1. The molecule has 0 spiro atoms. The van der Waals surface area contributed by atoms with E-state index in [1.54, 1.807) is 18.2 Å². The van der Waals surface area contributed by atoms with Gasteiger partial charge < -0.3 is 9.88 Å². The lowest BCUT2D eigenvalue weighted by Gasteiger charge is -2.13. The van der Waals surface area contributed by atoms with Crippen LogP contribution in [0.1, 0.15) is 0 Å². The van der Waals surface area contributed by atoms with E-state index < -0.39 is 21.5 Å².